The maximum atomic E-state index is 9.63. The summed E-state index contributed by atoms with van der Waals surface area (Å²) in [4.78, 5) is 14.1. The minimum atomic E-state index is -1.79. The van der Waals surface area contributed by atoms with Gasteiger partial charge in [-0.3, -0.25) is 4.57 Å². The first-order valence-electron chi connectivity index (χ1n) is 23.2. The lowest BCUT2D eigenvalue weighted by Crippen LogP contribution is -2.43. The molecule has 68 heavy (non-hydrogen) atoms. The summed E-state index contributed by atoms with van der Waals surface area (Å²) < 4.78 is 57.4. The van der Waals surface area contributed by atoms with Crippen LogP contribution in [0.3, 0.4) is 0 Å². The molecule has 0 aliphatic carbocycles. The Morgan fingerprint density at radius 3 is 1.96 bits per heavy atom. The zero-order chi connectivity index (χ0) is 48.3. The minimum Gasteiger partial charge on any atom is -0.497 e. The lowest BCUT2D eigenvalue weighted by atomic mass is 9.80. The summed E-state index contributed by atoms with van der Waals surface area (Å²) in [6, 6.07) is 39.3. The standard InChI is InChI=1S/C52H65N6O8PSi/c1-37(2)58(38(3)4)67(64-30-16-29-53)66-47-45(34-63-52(40-19-14-11-15-20-40,41-21-25-43(59-5)26-22-41)42-23-27-44(60-6)28-24-42)65-51(48(47)62-33-39-17-12-10-13-18-39)57-36-56-46-49(57)54-35-55-50(46)61-31-32-68(7,8)9/h10-15,17-28,35-38,45,47-48,51H,16,30-34H2,1-9H3/t45?,47-,48?,51?,67?/m1/s1. The van der Waals surface area contributed by atoms with Crippen molar-refractivity contribution in [2.45, 2.75) is 109 Å². The van der Waals surface area contributed by atoms with Gasteiger partial charge >= 0.3 is 0 Å². The van der Waals surface area contributed by atoms with Crippen LogP contribution in [0.25, 0.3) is 11.2 Å². The summed E-state index contributed by atoms with van der Waals surface area (Å²) in [7, 11) is 0.124. The van der Waals surface area contributed by atoms with Crippen LogP contribution in [0.1, 0.15) is 62.6 Å². The number of nitrogens with zero attached hydrogens (tertiary/aromatic N) is 6. The Morgan fingerprint density at radius 1 is 0.779 bits per heavy atom. The van der Waals surface area contributed by atoms with E-state index in [-0.39, 0.29) is 38.3 Å². The highest BCUT2D eigenvalue weighted by molar-refractivity contribution is 7.44. The average molecular weight is 961 g/mol. The van der Waals surface area contributed by atoms with Crippen molar-refractivity contribution in [3.05, 3.63) is 144 Å². The first-order chi connectivity index (χ1) is 32.9. The van der Waals surface area contributed by atoms with Gasteiger partial charge in [-0.1, -0.05) is 105 Å². The predicted octanol–water partition coefficient (Wildman–Crippen LogP) is 10.7. The van der Waals surface area contributed by atoms with Gasteiger partial charge in [0.2, 0.25) is 5.88 Å². The van der Waals surface area contributed by atoms with Crippen LogP contribution in [0, 0.1) is 11.3 Å². The number of hydrogen-bond donors (Lipinski definition) is 0. The van der Waals surface area contributed by atoms with Crippen molar-refractivity contribution in [3.63, 3.8) is 0 Å². The molecule has 2 aromatic heterocycles. The van der Waals surface area contributed by atoms with Crippen LogP contribution in [-0.2, 0) is 35.5 Å². The molecule has 1 aliphatic rings. The molecule has 14 nitrogen and oxygen atoms in total. The van der Waals surface area contributed by atoms with Gasteiger partial charge < -0.3 is 37.5 Å². The van der Waals surface area contributed by atoms with E-state index < -0.39 is 46.7 Å². The van der Waals surface area contributed by atoms with Crippen molar-refractivity contribution >= 4 is 27.8 Å². The lowest BCUT2D eigenvalue weighted by Gasteiger charge is -2.39. The first kappa shape index (κ1) is 50.6. The van der Waals surface area contributed by atoms with Crippen LogP contribution in [0.4, 0.5) is 0 Å². The number of fused-ring (bicyclic) bond motifs is 1. The van der Waals surface area contributed by atoms with Gasteiger partial charge in [0.1, 0.15) is 41.7 Å². The van der Waals surface area contributed by atoms with E-state index in [1.54, 1.807) is 20.5 Å². The Hall–Kier alpha value is -5.27. The van der Waals surface area contributed by atoms with E-state index in [4.69, 9.17) is 47.4 Å². The molecule has 6 aromatic rings. The van der Waals surface area contributed by atoms with Crippen LogP contribution in [-0.4, -0.2) is 96.7 Å². The molecule has 7 rings (SSSR count). The second kappa shape index (κ2) is 23.4. The molecule has 0 amide bonds. The summed E-state index contributed by atoms with van der Waals surface area (Å²) in [5.74, 6) is 1.83. The number of benzene rings is 4. The Kier molecular flexibility index (Phi) is 17.4. The number of hydrogen-bond acceptors (Lipinski definition) is 13. The largest absolute Gasteiger partial charge is 0.497 e. The number of methoxy groups -OCH3 is 2. The highest BCUT2D eigenvalue weighted by Crippen LogP contribution is 2.52. The van der Waals surface area contributed by atoms with Crippen molar-refractivity contribution in [1.82, 2.24) is 24.2 Å². The maximum absolute atomic E-state index is 9.63. The topological polar surface area (TPSA) is 144 Å². The summed E-state index contributed by atoms with van der Waals surface area (Å²) in [5, 5.41) is 9.63. The number of aromatic nitrogens is 4. The van der Waals surface area contributed by atoms with Crippen molar-refractivity contribution < 1.29 is 37.5 Å². The highest BCUT2D eigenvalue weighted by atomic mass is 31.2. The third kappa shape index (κ3) is 11.9. The van der Waals surface area contributed by atoms with E-state index in [1.807, 2.05) is 102 Å². The van der Waals surface area contributed by atoms with E-state index in [0.29, 0.717) is 35.1 Å². The van der Waals surface area contributed by atoms with Gasteiger partial charge in [0.05, 0.1) is 59.5 Å². The average Bonchev–Trinajstić information content (AvgIpc) is 3.92. The highest BCUT2D eigenvalue weighted by Gasteiger charge is 2.52. The summed E-state index contributed by atoms with van der Waals surface area (Å²) in [6.07, 6.45) is 0.272. The second-order valence-electron chi connectivity index (χ2n) is 18.4. The molecule has 1 aliphatic heterocycles. The molecule has 360 valence electrons. The first-order valence-corrected chi connectivity index (χ1v) is 28.1. The number of imidazole rings is 1. The predicted molar refractivity (Wildman–Crippen MR) is 266 cm³/mol. The van der Waals surface area contributed by atoms with Gasteiger partial charge in [0.25, 0.3) is 8.53 Å². The Bertz CT molecular complexity index is 2470. The Balaban J connectivity index is 1.38. The van der Waals surface area contributed by atoms with E-state index in [2.05, 4.69) is 75.2 Å². The van der Waals surface area contributed by atoms with Gasteiger partial charge in [-0.25, -0.2) is 14.6 Å². The van der Waals surface area contributed by atoms with E-state index in [9.17, 15) is 5.26 Å². The van der Waals surface area contributed by atoms with E-state index in [0.717, 1.165) is 28.3 Å². The Labute approximate surface area is 403 Å². The normalized spacial score (nSPS) is 18.0. The molecule has 0 saturated carbocycles. The fraction of sp³-hybridized carbons (Fsp3) is 0.423. The van der Waals surface area contributed by atoms with Crippen molar-refractivity contribution in [3.8, 4) is 23.4 Å². The lowest BCUT2D eigenvalue weighted by molar-refractivity contribution is -0.0963. The van der Waals surface area contributed by atoms with Crippen molar-refractivity contribution in [1.29, 1.82) is 5.26 Å². The van der Waals surface area contributed by atoms with Crippen molar-refractivity contribution in [2.75, 3.05) is 34.0 Å². The molecule has 0 spiro atoms. The molecular weight excluding hydrogens is 896 g/mol. The molecule has 0 N–H and O–H groups in total. The van der Waals surface area contributed by atoms with Gasteiger partial charge in [-0.15, -0.1) is 0 Å². The Morgan fingerprint density at radius 2 is 1.38 bits per heavy atom. The van der Waals surface area contributed by atoms with Crippen LogP contribution in [0.15, 0.2) is 122 Å². The quantitative estimate of drug-likeness (QED) is 0.0246. The summed E-state index contributed by atoms with van der Waals surface area (Å²) >= 11 is 0. The van der Waals surface area contributed by atoms with Crippen LogP contribution in [0.2, 0.25) is 25.7 Å². The molecule has 4 aromatic carbocycles. The molecule has 5 atom stereocenters. The van der Waals surface area contributed by atoms with Gasteiger partial charge in [-0.2, -0.15) is 10.2 Å². The molecule has 0 radical (unpaired) electrons. The summed E-state index contributed by atoms with van der Waals surface area (Å²) in [5.41, 5.74) is 3.47. The zero-order valence-corrected chi connectivity index (χ0v) is 42.5. The monoisotopic (exact) mass is 960 g/mol. The smallest absolute Gasteiger partial charge is 0.259 e. The van der Waals surface area contributed by atoms with E-state index in [1.165, 1.54) is 6.33 Å². The molecule has 4 unspecified atom stereocenters. The fourth-order valence-corrected chi connectivity index (χ4v) is 10.9. The van der Waals surface area contributed by atoms with Crippen molar-refractivity contribution in [2.24, 2.45) is 0 Å². The number of rotatable bonds is 24. The molecule has 0 bridgehead atoms. The van der Waals surface area contributed by atoms with E-state index >= 15 is 0 Å². The molecular formula is C52H65N6O8PSi. The SMILES string of the molecule is COc1ccc(C(OCC2OC(n3cnc4c(OCC[Si](C)(C)C)ncnc43)C(OCc3ccccc3)[C@@H]2OP(OCCC#N)N(C(C)C)C(C)C)(c2ccccc2)c2ccc(OC)cc2)cc1. The van der Waals surface area contributed by atoms with Crippen LogP contribution >= 0.6 is 8.53 Å². The van der Waals surface area contributed by atoms with Crippen LogP contribution in [0.5, 0.6) is 17.4 Å². The number of nitriles is 1. The fourth-order valence-electron chi connectivity index (χ4n) is 8.39. The van der Waals surface area contributed by atoms with Crippen LogP contribution < -0.4 is 14.2 Å². The third-order valence-corrected chi connectivity index (χ3v) is 15.6. The number of ether oxygens (including phenoxy) is 6. The summed E-state index contributed by atoms with van der Waals surface area (Å²) in [6.45, 7) is 16.4. The molecule has 1 fully saturated rings. The molecule has 1 saturated heterocycles. The third-order valence-electron chi connectivity index (χ3n) is 11.8. The minimum absolute atomic E-state index is 0.0245. The van der Waals surface area contributed by atoms with Gasteiger partial charge in [0.15, 0.2) is 17.4 Å². The molecule has 16 heteroatoms. The maximum Gasteiger partial charge on any atom is 0.259 e. The zero-order valence-electron chi connectivity index (χ0n) is 40.7. The molecule has 3 heterocycles. The van der Waals surface area contributed by atoms with Gasteiger partial charge in [0, 0.05) is 20.2 Å². The second-order valence-corrected chi connectivity index (χ2v) is 25.4. The van der Waals surface area contributed by atoms with Gasteiger partial charge in [-0.05, 0) is 80.3 Å².